The molecule has 0 saturated carbocycles. The number of hydrogen-bond donors (Lipinski definition) is 0. The first kappa shape index (κ1) is 20.8. The van der Waals surface area contributed by atoms with Crippen LogP contribution in [0.15, 0.2) is 58.5 Å². The predicted molar refractivity (Wildman–Crippen MR) is 120 cm³/mol. The minimum atomic E-state index is -0.299. The van der Waals surface area contributed by atoms with Crippen molar-refractivity contribution >= 4 is 22.7 Å². The Kier molecular flexibility index (Phi) is 5.95. The second kappa shape index (κ2) is 9.17. The van der Waals surface area contributed by atoms with Crippen LogP contribution in [0.4, 0.5) is 4.39 Å². The molecule has 4 aromatic rings. The largest absolute Gasteiger partial charge is 0.296 e. The molecule has 1 aliphatic rings. The van der Waals surface area contributed by atoms with E-state index in [-0.39, 0.29) is 17.3 Å². The van der Waals surface area contributed by atoms with E-state index in [1.807, 2.05) is 10.6 Å². The van der Waals surface area contributed by atoms with Gasteiger partial charge in [-0.3, -0.25) is 14.3 Å². The Morgan fingerprint density at radius 1 is 0.938 bits per heavy atom. The first-order chi connectivity index (χ1) is 15.7. The molecule has 0 unspecified atom stereocenters. The Labute approximate surface area is 188 Å². The summed E-state index contributed by atoms with van der Waals surface area (Å²) in [7, 11) is 0. The highest BCUT2D eigenvalue weighted by molar-refractivity contribution is 7.98. The number of nitrogens with zero attached hydrogens (tertiary/aromatic N) is 7. The zero-order valence-corrected chi connectivity index (χ0v) is 18.2. The van der Waals surface area contributed by atoms with Crippen LogP contribution in [0.3, 0.4) is 0 Å². The number of rotatable bonds is 6. The normalized spacial score (nSPS) is 14.8. The van der Waals surface area contributed by atoms with Crippen molar-refractivity contribution in [1.29, 1.82) is 0 Å². The number of likely N-dealkylation sites (tertiary alicyclic amines) is 1. The second-order valence-electron chi connectivity index (χ2n) is 7.73. The smallest absolute Gasteiger partial charge is 0.278 e. The SMILES string of the molecule is O=c1c2ccccc2nnn1CSc1nnc(CN2CCCCC2)n1-c1ccc(F)cc1. The van der Waals surface area contributed by atoms with E-state index < -0.39 is 0 Å². The quantitative estimate of drug-likeness (QED) is 0.416. The number of fused-ring (bicyclic) bond motifs is 1. The number of halogens is 1. The van der Waals surface area contributed by atoms with Gasteiger partial charge in [-0.15, -0.1) is 15.3 Å². The van der Waals surface area contributed by atoms with Gasteiger partial charge in [0.15, 0.2) is 11.0 Å². The maximum absolute atomic E-state index is 13.5. The number of hydrogen-bond acceptors (Lipinski definition) is 7. The van der Waals surface area contributed by atoms with Crippen LogP contribution in [0.25, 0.3) is 16.6 Å². The van der Waals surface area contributed by atoms with Crippen molar-refractivity contribution in [1.82, 2.24) is 34.7 Å². The van der Waals surface area contributed by atoms with Crippen LogP contribution in [-0.2, 0) is 12.4 Å². The predicted octanol–water partition coefficient (Wildman–Crippen LogP) is 3.25. The van der Waals surface area contributed by atoms with Gasteiger partial charge < -0.3 is 0 Å². The van der Waals surface area contributed by atoms with Crippen molar-refractivity contribution in [2.75, 3.05) is 13.1 Å². The van der Waals surface area contributed by atoms with Gasteiger partial charge in [-0.1, -0.05) is 35.5 Å². The minimum Gasteiger partial charge on any atom is -0.296 e. The third-order valence-corrected chi connectivity index (χ3v) is 6.44. The molecule has 2 aromatic heterocycles. The highest BCUT2D eigenvalue weighted by Gasteiger charge is 2.19. The molecule has 164 valence electrons. The zero-order valence-electron chi connectivity index (χ0n) is 17.4. The van der Waals surface area contributed by atoms with Gasteiger partial charge >= 0.3 is 0 Å². The van der Waals surface area contributed by atoms with Crippen LogP contribution in [0.5, 0.6) is 0 Å². The van der Waals surface area contributed by atoms with Crippen LogP contribution in [-0.4, -0.2) is 47.7 Å². The lowest BCUT2D eigenvalue weighted by atomic mass is 10.1. The van der Waals surface area contributed by atoms with Crippen molar-refractivity contribution in [3.8, 4) is 5.69 Å². The fraction of sp³-hybridized carbons (Fsp3) is 0.318. The number of thioether (sulfide) groups is 1. The number of piperidine rings is 1. The van der Waals surface area contributed by atoms with Gasteiger partial charge in [0.25, 0.3) is 5.56 Å². The Hall–Kier alpha value is -3.11. The maximum atomic E-state index is 13.5. The van der Waals surface area contributed by atoms with E-state index >= 15 is 0 Å². The van der Waals surface area contributed by atoms with E-state index in [2.05, 4.69) is 25.4 Å². The van der Waals surface area contributed by atoms with Crippen LogP contribution < -0.4 is 5.56 Å². The Balaban J connectivity index is 1.45. The number of benzene rings is 2. The molecular formula is C22H22FN7OS. The van der Waals surface area contributed by atoms with Crippen molar-refractivity contribution < 1.29 is 4.39 Å². The van der Waals surface area contributed by atoms with Gasteiger partial charge in [0, 0.05) is 5.69 Å². The summed E-state index contributed by atoms with van der Waals surface area (Å²) in [5.74, 6) is 0.726. The average Bonchev–Trinajstić information content (AvgIpc) is 3.22. The highest BCUT2D eigenvalue weighted by Crippen LogP contribution is 2.24. The molecule has 3 heterocycles. The van der Waals surface area contributed by atoms with Crippen molar-refractivity contribution in [2.24, 2.45) is 0 Å². The van der Waals surface area contributed by atoms with Crippen molar-refractivity contribution in [3.05, 3.63) is 70.5 Å². The van der Waals surface area contributed by atoms with Crippen LogP contribution >= 0.6 is 11.8 Å². The highest BCUT2D eigenvalue weighted by atomic mass is 32.2. The second-order valence-corrected chi connectivity index (χ2v) is 8.64. The Bertz CT molecular complexity index is 1280. The summed E-state index contributed by atoms with van der Waals surface area (Å²) in [6, 6.07) is 13.4. The standard InChI is InChI=1S/C22H22FN7OS/c23-16-8-10-17(11-9-16)30-20(14-28-12-4-1-5-13-28)25-26-22(30)32-15-29-21(31)18-6-2-3-7-19(18)24-27-29/h2-3,6-11H,1,4-5,12-15H2. The molecular weight excluding hydrogens is 429 g/mol. The molecule has 10 heteroatoms. The minimum absolute atomic E-state index is 0.204. The topological polar surface area (TPSA) is 81.7 Å². The van der Waals surface area contributed by atoms with Gasteiger partial charge in [0.05, 0.1) is 17.8 Å². The molecule has 0 aliphatic carbocycles. The third kappa shape index (κ3) is 4.28. The average molecular weight is 452 g/mol. The summed E-state index contributed by atoms with van der Waals surface area (Å²) in [5, 5.41) is 18.1. The van der Waals surface area contributed by atoms with Gasteiger partial charge in [0.2, 0.25) is 0 Å². The molecule has 0 spiro atoms. The molecule has 2 aromatic carbocycles. The molecule has 1 fully saturated rings. The lowest BCUT2D eigenvalue weighted by Crippen LogP contribution is -2.30. The summed E-state index contributed by atoms with van der Waals surface area (Å²) in [6.45, 7) is 2.72. The number of aromatic nitrogens is 6. The maximum Gasteiger partial charge on any atom is 0.278 e. The monoisotopic (exact) mass is 451 g/mol. The first-order valence-electron chi connectivity index (χ1n) is 10.6. The lowest BCUT2D eigenvalue weighted by Gasteiger charge is -2.26. The van der Waals surface area contributed by atoms with Gasteiger partial charge in [-0.2, -0.15) is 4.68 Å². The first-order valence-corrected chi connectivity index (χ1v) is 11.6. The molecule has 5 rings (SSSR count). The van der Waals surface area contributed by atoms with E-state index in [0.717, 1.165) is 24.6 Å². The van der Waals surface area contributed by atoms with Gasteiger partial charge in [0.1, 0.15) is 11.3 Å². The molecule has 1 aliphatic heterocycles. The fourth-order valence-electron chi connectivity index (χ4n) is 3.89. The van der Waals surface area contributed by atoms with Crippen molar-refractivity contribution in [3.63, 3.8) is 0 Å². The van der Waals surface area contributed by atoms with E-state index in [4.69, 9.17) is 0 Å². The van der Waals surface area contributed by atoms with E-state index in [9.17, 15) is 9.18 Å². The van der Waals surface area contributed by atoms with E-state index in [1.165, 1.54) is 47.8 Å². The van der Waals surface area contributed by atoms with Gasteiger partial charge in [-0.05, 0) is 62.3 Å². The molecule has 0 bridgehead atoms. The van der Waals surface area contributed by atoms with E-state index in [0.29, 0.717) is 22.6 Å². The Morgan fingerprint density at radius 3 is 2.53 bits per heavy atom. The molecule has 0 atom stereocenters. The molecule has 1 saturated heterocycles. The molecule has 0 amide bonds. The van der Waals surface area contributed by atoms with Crippen LogP contribution in [0.2, 0.25) is 0 Å². The van der Waals surface area contributed by atoms with Gasteiger partial charge in [-0.25, -0.2) is 4.39 Å². The zero-order chi connectivity index (χ0) is 21.9. The molecule has 8 nitrogen and oxygen atoms in total. The lowest BCUT2D eigenvalue weighted by molar-refractivity contribution is 0.214. The summed E-state index contributed by atoms with van der Waals surface area (Å²) in [4.78, 5) is 15.1. The molecule has 32 heavy (non-hydrogen) atoms. The summed E-state index contributed by atoms with van der Waals surface area (Å²) in [6.07, 6.45) is 3.61. The molecule has 0 N–H and O–H groups in total. The summed E-state index contributed by atoms with van der Waals surface area (Å²) in [5.41, 5.74) is 1.14. The van der Waals surface area contributed by atoms with Crippen LogP contribution in [0, 0.1) is 5.82 Å². The summed E-state index contributed by atoms with van der Waals surface area (Å²) < 4.78 is 16.8. The van der Waals surface area contributed by atoms with E-state index in [1.54, 1.807) is 30.3 Å². The molecule has 0 radical (unpaired) electrons. The van der Waals surface area contributed by atoms with Crippen LogP contribution in [0.1, 0.15) is 25.1 Å². The Morgan fingerprint density at radius 2 is 1.72 bits per heavy atom. The third-order valence-electron chi connectivity index (χ3n) is 5.54. The summed E-state index contributed by atoms with van der Waals surface area (Å²) >= 11 is 1.34. The van der Waals surface area contributed by atoms with Crippen molar-refractivity contribution in [2.45, 2.75) is 36.8 Å². The fourth-order valence-corrected chi connectivity index (χ4v) is 4.74.